The van der Waals surface area contributed by atoms with E-state index >= 15 is 0 Å². The Labute approximate surface area is 170 Å². The molecule has 1 aromatic heterocycles. The lowest BCUT2D eigenvalue weighted by Crippen LogP contribution is -2.15. The Hall–Kier alpha value is -3.72. The molecular weight excluding hydrogens is 362 g/mol. The monoisotopic (exact) mass is 385 g/mol. The highest BCUT2D eigenvalue weighted by atomic mass is 16.1. The fraction of sp³-hybridized carbons (Fsp3) is 0.217. The summed E-state index contributed by atoms with van der Waals surface area (Å²) < 4.78 is 0. The van der Waals surface area contributed by atoms with Crippen molar-refractivity contribution in [1.82, 2.24) is 9.97 Å². The van der Waals surface area contributed by atoms with Crippen LogP contribution in [-0.2, 0) is 0 Å². The largest absolute Gasteiger partial charge is 0.340 e. The number of carbonyl (C=O) groups excluding carboxylic acids is 1. The van der Waals surface area contributed by atoms with Gasteiger partial charge in [-0.1, -0.05) is 38.1 Å². The molecular formula is C23H23N5O. The van der Waals surface area contributed by atoms with Crippen molar-refractivity contribution in [3.63, 3.8) is 0 Å². The quantitative estimate of drug-likeness (QED) is 0.639. The summed E-state index contributed by atoms with van der Waals surface area (Å²) in [6.45, 7) is 8.07. The molecule has 1 amide bonds. The summed E-state index contributed by atoms with van der Waals surface area (Å²) in [6, 6.07) is 16.6. The summed E-state index contributed by atoms with van der Waals surface area (Å²) >= 11 is 0. The summed E-state index contributed by atoms with van der Waals surface area (Å²) in [6.07, 6.45) is 0. The first kappa shape index (κ1) is 20.0. The van der Waals surface area contributed by atoms with Gasteiger partial charge in [0.15, 0.2) is 0 Å². The number of hydrogen-bond donors (Lipinski definition) is 2. The van der Waals surface area contributed by atoms with Gasteiger partial charge in [-0.3, -0.25) is 4.79 Å². The van der Waals surface area contributed by atoms with Gasteiger partial charge in [-0.05, 0) is 49.1 Å². The lowest BCUT2D eigenvalue weighted by Gasteiger charge is -2.17. The third-order valence-corrected chi connectivity index (χ3v) is 4.50. The van der Waals surface area contributed by atoms with Crippen molar-refractivity contribution < 1.29 is 4.79 Å². The second-order valence-electron chi connectivity index (χ2n) is 7.15. The van der Waals surface area contributed by atoms with Gasteiger partial charge in [0.25, 0.3) is 5.91 Å². The molecule has 0 aliphatic carbocycles. The van der Waals surface area contributed by atoms with Crippen LogP contribution in [0.4, 0.5) is 17.2 Å². The van der Waals surface area contributed by atoms with E-state index in [0.29, 0.717) is 28.8 Å². The number of amides is 1. The molecule has 2 aromatic carbocycles. The summed E-state index contributed by atoms with van der Waals surface area (Å²) in [5, 5.41) is 15.2. The molecule has 1 heterocycles. The van der Waals surface area contributed by atoms with Crippen LogP contribution in [0.2, 0.25) is 0 Å². The maximum atomic E-state index is 12.7. The number of aryl methyl sites for hydroxylation is 2. The minimum absolute atomic E-state index is 0.252. The highest BCUT2D eigenvalue weighted by molar-refractivity contribution is 6.03. The highest BCUT2D eigenvalue weighted by Gasteiger charge is 2.14. The maximum Gasteiger partial charge on any atom is 0.274 e. The van der Waals surface area contributed by atoms with Gasteiger partial charge in [0.2, 0.25) is 0 Å². The molecule has 0 saturated carbocycles. The second kappa shape index (κ2) is 8.53. The van der Waals surface area contributed by atoms with Crippen LogP contribution in [0, 0.1) is 25.2 Å². The van der Waals surface area contributed by atoms with Crippen LogP contribution in [0.1, 0.15) is 52.8 Å². The van der Waals surface area contributed by atoms with E-state index in [1.165, 1.54) is 5.56 Å². The van der Waals surface area contributed by atoms with Gasteiger partial charge in [-0.15, -0.1) is 0 Å². The smallest absolute Gasteiger partial charge is 0.274 e. The molecule has 0 radical (unpaired) electrons. The molecule has 0 spiro atoms. The average molecular weight is 385 g/mol. The van der Waals surface area contributed by atoms with Crippen molar-refractivity contribution in [3.05, 3.63) is 76.7 Å². The number of rotatable bonds is 5. The molecule has 0 saturated heterocycles. The Morgan fingerprint density at radius 2 is 1.83 bits per heavy atom. The van der Waals surface area contributed by atoms with Crippen molar-refractivity contribution >= 4 is 23.1 Å². The van der Waals surface area contributed by atoms with Crippen LogP contribution < -0.4 is 10.6 Å². The summed E-state index contributed by atoms with van der Waals surface area (Å²) in [7, 11) is 0. The lowest BCUT2D eigenvalue weighted by atomic mass is 9.98. The molecule has 6 nitrogen and oxygen atoms in total. The zero-order valence-electron chi connectivity index (χ0n) is 16.9. The standard InChI is InChI=1S/C23H23N5O/c1-14(2)19-10-5-7-15(3)22(19)28-21-12-20(25-16(4)26-21)23(29)27-18-9-6-8-17(11-18)13-24/h5-12,14H,1-4H3,(H,27,29)(H,25,26,28). The van der Waals surface area contributed by atoms with Gasteiger partial charge >= 0.3 is 0 Å². The maximum absolute atomic E-state index is 12.7. The van der Waals surface area contributed by atoms with E-state index in [0.717, 1.165) is 11.3 Å². The number of nitrogens with one attached hydrogen (secondary N) is 2. The van der Waals surface area contributed by atoms with Gasteiger partial charge in [-0.25, -0.2) is 9.97 Å². The molecule has 0 aliphatic heterocycles. The van der Waals surface area contributed by atoms with Gasteiger partial charge in [0.05, 0.1) is 11.6 Å². The summed E-state index contributed by atoms with van der Waals surface area (Å²) in [5.74, 6) is 1.04. The zero-order chi connectivity index (χ0) is 21.0. The predicted molar refractivity (Wildman–Crippen MR) is 114 cm³/mol. The SMILES string of the molecule is Cc1nc(Nc2c(C)cccc2C(C)C)cc(C(=O)Nc2cccc(C#N)c2)n1. The number of nitriles is 1. The molecule has 0 atom stereocenters. The van der Waals surface area contributed by atoms with Crippen molar-refractivity contribution in [2.24, 2.45) is 0 Å². The molecule has 0 unspecified atom stereocenters. The van der Waals surface area contributed by atoms with Gasteiger partial charge < -0.3 is 10.6 Å². The molecule has 2 N–H and O–H groups in total. The van der Waals surface area contributed by atoms with E-state index < -0.39 is 0 Å². The third kappa shape index (κ3) is 4.77. The molecule has 0 fully saturated rings. The number of benzene rings is 2. The Morgan fingerprint density at radius 1 is 1.07 bits per heavy atom. The first-order valence-electron chi connectivity index (χ1n) is 9.41. The number of para-hydroxylation sites is 1. The molecule has 146 valence electrons. The van der Waals surface area contributed by atoms with Crippen LogP contribution in [0.15, 0.2) is 48.5 Å². The minimum Gasteiger partial charge on any atom is -0.340 e. The zero-order valence-corrected chi connectivity index (χ0v) is 16.9. The van der Waals surface area contributed by atoms with Gasteiger partial charge in [0.1, 0.15) is 17.3 Å². The van der Waals surface area contributed by atoms with Crippen LogP contribution in [0.3, 0.4) is 0 Å². The first-order chi connectivity index (χ1) is 13.9. The van der Waals surface area contributed by atoms with Crippen molar-refractivity contribution in [2.75, 3.05) is 10.6 Å². The Bertz CT molecular complexity index is 1100. The van der Waals surface area contributed by atoms with Crippen LogP contribution in [-0.4, -0.2) is 15.9 Å². The topological polar surface area (TPSA) is 90.7 Å². The molecule has 0 aliphatic rings. The minimum atomic E-state index is -0.359. The number of anilines is 3. The summed E-state index contributed by atoms with van der Waals surface area (Å²) in [5.41, 5.74) is 4.55. The third-order valence-electron chi connectivity index (χ3n) is 4.50. The Balaban J connectivity index is 1.89. The van der Waals surface area contributed by atoms with Gasteiger partial charge in [0, 0.05) is 17.4 Å². The number of aromatic nitrogens is 2. The fourth-order valence-electron chi connectivity index (χ4n) is 3.08. The van der Waals surface area contributed by atoms with Crippen LogP contribution >= 0.6 is 0 Å². The van der Waals surface area contributed by atoms with E-state index in [1.807, 2.05) is 19.1 Å². The fourth-order valence-corrected chi connectivity index (χ4v) is 3.08. The molecule has 3 aromatic rings. The second-order valence-corrected chi connectivity index (χ2v) is 7.15. The molecule has 29 heavy (non-hydrogen) atoms. The van der Waals surface area contributed by atoms with E-state index in [-0.39, 0.29) is 11.6 Å². The summed E-state index contributed by atoms with van der Waals surface area (Å²) in [4.78, 5) is 21.4. The average Bonchev–Trinajstić information content (AvgIpc) is 2.69. The molecule has 6 heteroatoms. The van der Waals surface area contributed by atoms with Crippen molar-refractivity contribution in [3.8, 4) is 6.07 Å². The van der Waals surface area contributed by atoms with Crippen LogP contribution in [0.25, 0.3) is 0 Å². The molecule has 0 bridgehead atoms. The van der Waals surface area contributed by atoms with Crippen LogP contribution in [0.5, 0.6) is 0 Å². The number of carbonyl (C=O) groups is 1. The van der Waals surface area contributed by atoms with Crippen molar-refractivity contribution in [1.29, 1.82) is 5.26 Å². The first-order valence-corrected chi connectivity index (χ1v) is 9.41. The number of hydrogen-bond acceptors (Lipinski definition) is 5. The Morgan fingerprint density at radius 3 is 2.55 bits per heavy atom. The van der Waals surface area contributed by atoms with Crippen molar-refractivity contribution in [2.45, 2.75) is 33.6 Å². The van der Waals surface area contributed by atoms with E-state index in [1.54, 1.807) is 37.3 Å². The predicted octanol–water partition coefficient (Wildman–Crippen LogP) is 5.08. The van der Waals surface area contributed by atoms with Gasteiger partial charge in [-0.2, -0.15) is 5.26 Å². The van der Waals surface area contributed by atoms with E-state index in [4.69, 9.17) is 5.26 Å². The molecule has 3 rings (SSSR count). The lowest BCUT2D eigenvalue weighted by molar-refractivity contribution is 0.102. The van der Waals surface area contributed by atoms with E-state index in [2.05, 4.69) is 46.6 Å². The Kier molecular flexibility index (Phi) is 5.89. The number of nitrogens with zero attached hydrogens (tertiary/aromatic N) is 3. The normalized spacial score (nSPS) is 10.5. The van der Waals surface area contributed by atoms with E-state index in [9.17, 15) is 4.79 Å². The highest BCUT2D eigenvalue weighted by Crippen LogP contribution is 2.29.